The molecule has 0 saturated carbocycles. The molecule has 0 bridgehead atoms. The lowest BCUT2D eigenvalue weighted by Crippen LogP contribution is -2.27. The van der Waals surface area contributed by atoms with E-state index < -0.39 is 0 Å². The minimum atomic E-state index is 0.454. The van der Waals surface area contributed by atoms with Gasteiger partial charge in [0, 0.05) is 6.04 Å². The molecule has 0 spiro atoms. The van der Waals surface area contributed by atoms with E-state index in [1.807, 2.05) is 6.08 Å². The Morgan fingerprint density at radius 1 is 1.31 bits per heavy atom. The van der Waals surface area contributed by atoms with Crippen molar-refractivity contribution in [1.82, 2.24) is 5.32 Å². The van der Waals surface area contributed by atoms with E-state index in [2.05, 4.69) is 39.6 Å². The lowest BCUT2D eigenvalue weighted by Gasteiger charge is -2.24. The molecule has 0 rings (SSSR count). The van der Waals surface area contributed by atoms with Gasteiger partial charge in [-0.1, -0.05) is 33.8 Å². The van der Waals surface area contributed by atoms with Crippen LogP contribution in [-0.4, -0.2) is 12.6 Å². The predicted molar refractivity (Wildman–Crippen MR) is 61.0 cm³/mol. The Labute approximate surface area is 83.6 Å². The normalized spacial score (nSPS) is 12.1. The first kappa shape index (κ1) is 12.7. The SMILES string of the molecule is C=CCCC(C)(C)CCNC(C)C. The van der Waals surface area contributed by atoms with Crippen LogP contribution in [0.5, 0.6) is 0 Å². The highest BCUT2D eigenvalue weighted by molar-refractivity contribution is 4.76. The zero-order chi connectivity index (χ0) is 10.3. The summed E-state index contributed by atoms with van der Waals surface area (Å²) in [5.41, 5.74) is 0.454. The van der Waals surface area contributed by atoms with Crippen LogP contribution in [0, 0.1) is 5.41 Å². The van der Waals surface area contributed by atoms with Crippen molar-refractivity contribution in [2.45, 2.75) is 53.0 Å². The van der Waals surface area contributed by atoms with Gasteiger partial charge in [0.2, 0.25) is 0 Å². The van der Waals surface area contributed by atoms with Gasteiger partial charge in [-0.15, -0.1) is 6.58 Å². The second-order valence-corrected chi connectivity index (χ2v) is 4.85. The van der Waals surface area contributed by atoms with Gasteiger partial charge in [-0.25, -0.2) is 0 Å². The summed E-state index contributed by atoms with van der Waals surface area (Å²) in [6.07, 6.45) is 5.64. The van der Waals surface area contributed by atoms with Crippen LogP contribution in [0.25, 0.3) is 0 Å². The smallest absolute Gasteiger partial charge is 0.00103 e. The molecule has 0 aromatic carbocycles. The first-order chi connectivity index (χ1) is 5.98. The van der Waals surface area contributed by atoms with E-state index in [0.717, 1.165) is 13.0 Å². The highest BCUT2D eigenvalue weighted by Gasteiger charge is 2.15. The second-order valence-electron chi connectivity index (χ2n) is 4.85. The first-order valence-corrected chi connectivity index (χ1v) is 5.32. The summed E-state index contributed by atoms with van der Waals surface area (Å²) < 4.78 is 0. The number of rotatable bonds is 7. The fraction of sp³-hybridized carbons (Fsp3) is 0.833. The molecule has 78 valence electrons. The van der Waals surface area contributed by atoms with Crippen molar-refractivity contribution in [2.24, 2.45) is 5.41 Å². The fourth-order valence-electron chi connectivity index (χ4n) is 1.32. The van der Waals surface area contributed by atoms with Crippen LogP contribution in [0.3, 0.4) is 0 Å². The predicted octanol–water partition coefficient (Wildman–Crippen LogP) is 3.37. The molecule has 0 aliphatic carbocycles. The van der Waals surface area contributed by atoms with E-state index >= 15 is 0 Å². The van der Waals surface area contributed by atoms with E-state index in [1.54, 1.807) is 0 Å². The molecule has 13 heavy (non-hydrogen) atoms. The summed E-state index contributed by atoms with van der Waals surface area (Å²) in [7, 11) is 0. The Bertz CT molecular complexity index is 136. The summed E-state index contributed by atoms with van der Waals surface area (Å²) >= 11 is 0. The van der Waals surface area contributed by atoms with Crippen LogP contribution in [0.2, 0.25) is 0 Å². The third kappa shape index (κ3) is 8.04. The van der Waals surface area contributed by atoms with Crippen LogP contribution >= 0.6 is 0 Å². The van der Waals surface area contributed by atoms with Gasteiger partial charge in [-0.3, -0.25) is 0 Å². The maximum absolute atomic E-state index is 3.76. The van der Waals surface area contributed by atoms with E-state index in [4.69, 9.17) is 0 Å². The van der Waals surface area contributed by atoms with Crippen molar-refractivity contribution >= 4 is 0 Å². The molecule has 0 radical (unpaired) electrons. The molecule has 1 nitrogen and oxygen atoms in total. The van der Waals surface area contributed by atoms with Gasteiger partial charge >= 0.3 is 0 Å². The molecule has 0 fully saturated rings. The second kappa shape index (κ2) is 6.20. The number of allylic oxidation sites excluding steroid dienone is 1. The topological polar surface area (TPSA) is 12.0 Å². The third-order valence-corrected chi connectivity index (χ3v) is 2.38. The van der Waals surface area contributed by atoms with E-state index in [0.29, 0.717) is 11.5 Å². The van der Waals surface area contributed by atoms with Crippen molar-refractivity contribution in [3.63, 3.8) is 0 Å². The van der Waals surface area contributed by atoms with Crippen molar-refractivity contribution < 1.29 is 0 Å². The van der Waals surface area contributed by atoms with Crippen LogP contribution in [0.15, 0.2) is 12.7 Å². The van der Waals surface area contributed by atoms with Crippen molar-refractivity contribution in [2.75, 3.05) is 6.54 Å². The fourth-order valence-corrected chi connectivity index (χ4v) is 1.32. The number of nitrogens with one attached hydrogen (secondary N) is 1. The first-order valence-electron chi connectivity index (χ1n) is 5.32. The molecule has 0 heterocycles. The highest BCUT2D eigenvalue weighted by Crippen LogP contribution is 2.26. The minimum absolute atomic E-state index is 0.454. The maximum Gasteiger partial charge on any atom is 0.00103 e. The Morgan fingerprint density at radius 2 is 1.92 bits per heavy atom. The summed E-state index contributed by atoms with van der Waals surface area (Å²) in [4.78, 5) is 0. The molecule has 0 aliphatic rings. The molecule has 0 aliphatic heterocycles. The summed E-state index contributed by atoms with van der Waals surface area (Å²) in [5.74, 6) is 0. The maximum atomic E-state index is 3.76. The van der Waals surface area contributed by atoms with Gasteiger partial charge in [-0.05, 0) is 31.2 Å². The molecule has 0 aromatic heterocycles. The van der Waals surface area contributed by atoms with Gasteiger partial charge in [0.25, 0.3) is 0 Å². The minimum Gasteiger partial charge on any atom is -0.315 e. The van der Waals surface area contributed by atoms with E-state index in [1.165, 1.54) is 12.8 Å². The zero-order valence-corrected chi connectivity index (χ0v) is 9.69. The van der Waals surface area contributed by atoms with E-state index in [-0.39, 0.29) is 0 Å². The highest BCUT2D eigenvalue weighted by atomic mass is 14.9. The summed E-state index contributed by atoms with van der Waals surface area (Å²) in [6.45, 7) is 13.9. The molecule has 0 atom stereocenters. The Kier molecular flexibility index (Phi) is 6.06. The number of hydrogen-bond donors (Lipinski definition) is 1. The summed E-state index contributed by atoms with van der Waals surface area (Å²) in [6, 6.07) is 0.607. The van der Waals surface area contributed by atoms with Crippen LogP contribution in [-0.2, 0) is 0 Å². The molecule has 0 aromatic rings. The van der Waals surface area contributed by atoms with Crippen LogP contribution in [0.1, 0.15) is 47.0 Å². The molecule has 1 heteroatoms. The van der Waals surface area contributed by atoms with Gasteiger partial charge in [0.05, 0.1) is 0 Å². The Hall–Kier alpha value is -0.300. The van der Waals surface area contributed by atoms with Gasteiger partial charge < -0.3 is 5.32 Å². The third-order valence-electron chi connectivity index (χ3n) is 2.38. The quantitative estimate of drug-likeness (QED) is 0.597. The average molecular weight is 183 g/mol. The Balaban J connectivity index is 3.55. The van der Waals surface area contributed by atoms with Crippen molar-refractivity contribution in [3.8, 4) is 0 Å². The summed E-state index contributed by atoms with van der Waals surface area (Å²) in [5, 5.41) is 3.45. The van der Waals surface area contributed by atoms with Gasteiger partial charge in [0.1, 0.15) is 0 Å². The largest absolute Gasteiger partial charge is 0.315 e. The van der Waals surface area contributed by atoms with Gasteiger partial charge in [-0.2, -0.15) is 0 Å². The molecule has 1 N–H and O–H groups in total. The van der Waals surface area contributed by atoms with Crippen LogP contribution in [0.4, 0.5) is 0 Å². The lowest BCUT2D eigenvalue weighted by atomic mass is 9.84. The molecule has 0 saturated heterocycles. The van der Waals surface area contributed by atoms with Gasteiger partial charge in [0.15, 0.2) is 0 Å². The molecular weight excluding hydrogens is 158 g/mol. The Morgan fingerprint density at radius 3 is 2.38 bits per heavy atom. The van der Waals surface area contributed by atoms with E-state index in [9.17, 15) is 0 Å². The molecular formula is C12H25N. The lowest BCUT2D eigenvalue weighted by molar-refractivity contribution is 0.300. The van der Waals surface area contributed by atoms with Crippen LogP contribution < -0.4 is 5.32 Å². The average Bonchev–Trinajstić information content (AvgIpc) is 2.00. The monoisotopic (exact) mass is 183 g/mol. The molecule has 0 unspecified atom stereocenters. The standard InChI is InChI=1S/C12H25N/c1-6-7-8-12(4,5)9-10-13-11(2)3/h6,11,13H,1,7-10H2,2-5H3. The number of hydrogen-bond acceptors (Lipinski definition) is 1. The van der Waals surface area contributed by atoms with Crippen molar-refractivity contribution in [1.29, 1.82) is 0 Å². The zero-order valence-electron chi connectivity index (χ0n) is 9.69. The van der Waals surface area contributed by atoms with Crippen molar-refractivity contribution in [3.05, 3.63) is 12.7 Å². The molecule has 0 amide bonds.